The van der Waals surface area contributed by atoms with Crippen molar-refractivity contribution in [1.29, 1.82) is 0 Å². The average molecular weight is 423 g/mol. The molecule has 2 aromatic rings. The Kier molecular flexibility index (Phi) is 7.31. The molecule has 0 unspecified atom stereocenters. The molecule has 162 valence electrons. The number of halogens is 4. The first-order valence-electron chi connectivity index (χ1n) is 9.99. The van der Waals surface area contributed by atoms with Crippen LogP contribution in [0.4, 0.5) is 28.0 Å². The number of carbonyl (C=O) groups is 1. The minimum absolute atomic E-state index is 0.238. The number of benzene rings is 2. The monoisotopic (exact) mass is 423 g/mol. The maximum absolute atomic E-state index is 13.0. The third-order valence-corrected chi connectivity index (χ3v) is 5.37. The number of anilines is 1. The lowest BCUT2D eigenvalue weighted by atomic mass is 9.96. The van der Waals surface area contributed by atoms with Gasteiger partial charge in [-0.05, 0) is 68.1 Å². The van der Waals surface area contributed by atoms with Gasteiger partial charge in [0.25, 0.3) is 0 Å². The largest absolute Gasteiger partial charge is 0.418 e. The Morgan fingerprint density at radius 3 is 2.37 bits per heavy atom. The molecule has 0 radical (unpaired) electrons. The van der Waals surface area contributed by atoms with Crippen LogP contribution in [0, 0.1) is 11.7 Å². The number of nitrogens with zero attached hydrogens (tertiary/aromatic N) is 1. The molecule has 2 amide bonds. The molecule has 0 atom stereocenters. The van der Waals surface area contributed by atoms with Crippen molar-refractivity contribution in [2.45, 2.75) is 25.4 Å². The van der Waals surface area contributed by atoms with Crippen molar-refractivity contribution in [2.75, 3.05) is 31.5 Å². The first-order chi connectivity index (χ1) is 14.3. The molecule has 30 heavy (non-hydrogen) atoms. The van der Waals surface area contributed by atoms with Crippen LogP contribution in [0.5, 0.6) is 0 Å². The standard InChI is InChI=1S/C22H25F4N3O/c23-18-7-5-16(6-8-18)9-12-29-13-10-17(11-14-29)15-27-21(30)28-20-4-2-1-3-19(20)22(24,25)26/h1-8,17H,9-15H2,(H2,27,28,30). The van der Waals surface area contributed by atoms with E-state index in [1.54, 1.807) is 12.1 Å². The average Bonchev–Trinajstić information content (AvgIpc) is 2.72. The first-order valence-corrected chi connectivity index (χ1v) is 9.99. The topological polar surface area (TPSA) is 44.4 Å². The second-order valence-corrected chi connectivity index (χ2v) is 7.54. The fourth-order valence-electron chi connectivity index (χ4n) is 3.60. The molecule has 1 aliphatic rings. The summed E-state index contributed by atoms with van der Waals surface area (Å²) >= 11 is 0. The molecule has 0 saturated carbocycles. The number of carbonyl (C=O) groups excluding carboxylic acids is 1. The number of hydrogen-bond donors (Lipinski definition) is 2. The normalized spacial score (nSPS) is 15.7. The molecule has 0 spiro atoms. The van der Waals surface area contributed by atoms with Gasteiger partial charge in [-0.15, -0.1) is 0 Å². The highest BCUT2D eigenvalue weighted by Gasteiger charge is 2.33. The number of alkyl halides is 3. The van der Waals surface area contributed by atoms with E-state index in [9.17, 15) is 22.4 Å². The molecule has 2 aromatic carbocycles. The molecule has 1 aliphatic heterocycles. The van der Waals surface area contributed by atoms with E-state index in [0.29, 0.717) is 6.54 Å². The van der Waals surface area contributed by atoms with Gasteiger partial charge in [0.2, 0.25) is 0 Å². The van der Waals surface area contributed by atoms with Crippen LogP contribution in [0.3, 0.4) is 0 Å². The van der Waals surface area contributed by atoms with Gasteiger partial charge in [-0.2, -0.15) is 13.2 Å². The zero-order valence-electron chi connectivity index (χ0n) is 16.5. The van der Waals surface area contributed by atoms with Gasteiger partial charge in [-0.3, -0.25) is 0 Å². The van der Waals surface area contributed by atoms with Gasteiger partial charge in [-0.1, -0.05) is 24.3 Å². The van der Waals surface area contributed by atoms with Crippen LogP contribution in [0.1, 0.15) is 24.0 Å². The summed E-state index contributed by atoms with van der Waals surface area (Å²) in [5.74, 6) is 0.0497. The Bertz CT molecular complexity index is 831. The van der Waals surface area contributed by atoms with Crippen molar-refractivity contribution in [3.8, 4) is 0 Å². The van der Waals surface area contributed by atoms with Gasteiger partial charge in [0.15, 0.2) is 0 Å². The van der Waals surface area contributed by atoms with Crippen molar-refractivity contribution in [2.24, 2.45) is 5.92 Å². The molecule has 2 N–H and O–H groups in total. The molecule has 0 aromatic heterocycles. The summed E-state index contributed by atoms with van der Waals surface area (Å²) in [6.07, 6.45) is -1.86. The number of piperidine rings is 1. The molecule has 1 fully saturated rings. The van der Waals surface area contributed by atoms with Crippen molar-refractivity contribution in [1.82, 2.24) is 10.2 Å². The predicted molar refractivity (Wildman–Crippen MR) is 108 cm³/mol. The zero-order chi connectivity index (χ0) is 21.6. The smallest absolute Gasteiger partial charge is 0.338 e. The molecule has 0 aliphatic carbocycles. The lowest BCUT2D eigenvalue weighted by Gasteiger charge is -2.32. The van der Waals surface area contributed by atoms with E-state index in [2.05, 4.69) is 15.5 Å². The quantitative estimate of drug-likeness (QED) is 0.648. The van der Waals surface area contributed by atoms with Crippen LogP contribution in [0.15, 0.2) is 48.5 Å². The van der Waals surface area contributed by atoms with E-state index in [-0.39, 0.29) is 17.4 Å². The number of likely N-dealkylation sites (tertiary alicyclic amines) is 1. The number of para-hydroxylation sites is 1. The zero-order valence-corrected chi connectivity index (χ0v) is 16.5. The number of amides is 2. The van der Waals surface area contributed by atoms with E-state index < -0.39 is 17.8 Å². The van der Waals surface area contributed by atoms with E-state index in [1.807, 2.05) is 0 Å². The lowest BCUT2D eigenvalue weighted by Crippen LogP contribution is -2.40. The van der Waals surface area contributed by atoms with Gasteiger partial charge in [0, 0.05) is 13.1 Å². The minimum atomic E-state index is -4.52. The van der Waals surface area contributed by atoms with Gasteiger partial charge in [0.1, 0.15) is 5.82 Å². The van der Waals surface area contributed by atoms with Gasteiger partial charge in [0.05, 0.1) is 11.3 Å². The fraction of sp³-hybridized carbons (Fsp3) is 0.409. The Morgan fingerprint density at radius 2 is 1.70 bits per heavy atom. The predicted octanol–water partition coefficient (Wildman–Crippen LogP) is 4.92. The van der Waals surface area contributed by atoms with Crippen LogP contribution in [0.2, 0.25) is 0 Å². The molecule has 1 heterocycles. The lowest BCUT2D eigenvalue weighted by molar-refractivity contribution is -0.136. The van der Waals surface area contributed by atoms with Gasteiger partial charge >= 0.3 is 12.2 Å². The van der Waals surface area contributed by atoms with Gasteiger partial charge < -0.3 is 15.5 Å². The minimum Gasteiger partial charge on any atom is -0.338 e. The highest BCUT2D eigenvalue weighted by molar-refractivity contribution is 5.90. The van der Waals surface area contributed by atoms with Crippen molar-refractivity contribution >= 4 is 11.7 Å². The maximum atomic E-state index is 13.0. The summed E-state index contributed by atoms with van der Waals surface area (Å²) in [5, 5.41) is 4.99. The van der Waals surface area contributed by atoms with E-state index in [1.165, 1.54) is 30.3 Å². The van der Waals surface area contributed by atoms with Crippen molar-refractivity contribution in [3.05, 3.63) is 65.5 Å². The third-order valence-electron chi connectivity index (χ3n) is 5.37. The number of hydrogen-bond acceptors (Lipinski definition) is 2. The SMILES string of the molecule is O=C(NCC1CCN(CCc2ccc(F)cc2)CC1)Nc1ccccc1C(F)(F)F. The summed E-state index contributed by atoms with van der Waals surface area (Å²) in [7, 11) is 0. The summed E-state index contributed by atoms with van der Waals surface area (Å²) in [5.41, 5.74) is -0.0243. The van der Waals surface area contributed by atoms with Crippen LogP contribution >= 0.6 is 0 Å². The molecule has 1 saturated heterocycles. The third kappa shape index (κ3) is 6.45. The van der Waals surface area contributed by atoms with E-state index in [4.69, 9.17) is 0 Å². The van der Waals surface area contributed by atoms with Gasteiger partial charge in [-0.25, -0.2) is 9.18 Å². The molecular formula is C22H25F4N3O. The summed E-state index contributed by atoms with van der Waals surface area (Å²) in [6, 6.07) is 10.8. The molecular weight excluding hydrogens is 398 g/mol. The Morgan fingerprint density at radius 1 is 1.03 bits per heavy atom. The number of rotatable bonds is 6. The van der Waals surface area contributed by atoms with Crippen molar-refractivity contribution in [3.63, 3.8) is 0 Å². The molecule has 0 bridgehead atoms. The number of nitrogens with one attached hydrogen (secondary N) is 2. The summed E-state index contributed by atoms with van der Waals surface area (Å²) < 4.78 is 52.0. The van der Waals surface area contributed by atoms with Crippen LogP contribution in [-0.4, -0.2) is 37.1 Å². The second-order valence-electron chi connectivity index (χ2n) is 7.54. The van der Waals surface area contributed by atoms with Crippen molar-refractivity contribution < 1.29 is 22.4 Å². The maximum Gasteiger partial charge on any atom is 0.418 e. The van der Waals surface area contributed by atoms with Crippen LogP contribution < -0.4 is 10.6 Å². The molecule has 4 nitrogen and oxygen atoms in total. The Labute approximate surface area is 173 Å². The van der Waals surface area contributed by atoms with Crippen LogP contribution in [-0.2, 0) is 12.6 Å². The van der Waals surface area contributed by atoms with Crippen LogP contribution in [0.25, 0.3) is 0 Å². The first kappa shape index (κ1) is 22.1. The van der Waals surface area contributed by atoms with E-state index in [0.717, 1.165) is 50.5 Å². The number of urea groups is 1. The Balaban J connectivity index is 1.38. The fourth-order valence-corrected chi connectivity index (χ4v) is 3.60. The highest BCUT2D eigenvalue weighted by atomic mass is 19.4. The second kappa shape index (κ2) is 9.93. The van der Waals surface area contributed by atoms with E-state index >= 15 is 0 Å². The summed E-state index contributed by atoms with van der Waals surface area (Å²) in [6.45, 7) is 3.10. The molecule has 8 heteroatoms. The Hall–Kier alpha value is -2.61. The summed E-state index contributed by atoms with van der Waals surface area (Å²) in [4.78, 5) is 14.4. The highest BCUT2D eigenvalue weighted by Crippen LogP contribution is 2.34. The molecule has 3 rings (SSSR count).